The van der Waals surface area contributed by atoms with Gasteiger partial charge in [-0.05, 0) is 47.6 Å². The molecule has 178 valence electrons. The molecule has 0 aliphatic carbocycles. The molecule has 0 spiro atoms. The van der Waals surface area contributed by atoms with E-state index in [0.717, 1.165) is 29.9 Å². The van der Waals surface area contributed by atoms with E-state index >= 15 is 0 Å². The van der Waals surface area contributed by atoms with Crippen LogP contribution in [0, 0.1) is 11.6 Å². The van der Waals surface area contributed by atoms with Crippen molar-refractivity contribution in [2.24, 2.45) is 0 Å². The van der Waals surface area contributed by atoms with Crippen LogP contribution in [0.25, 0.3) is 0 Å². The van der Waals surface area contributed by atoms with Crippen LogP contribution in [0.1, 0.15) is 17.2 Å². The van der Waals surface area contributed by atoms with Crippen LogP contribution in [-0.2, 0) is 0 Å². The van der Waals surface area contributed by atoms with E-state index in [-0.39, 0.29) is 17.7 Å². The van der Waals surface area contributed by atoms with E-state index in [1.165, 1.54) is 24.3 Å². The molecule has 0 radical (unpaired) electrons. The number of nitrogens with zero attached hydrogens (tertiary/aromatic N) is 2. The highest BCUT2D eigenvalue weighted by Gasteiger charge is 2.27. The number of piperazine rings is 1. The molecule has 0 amide bonds. The molecule has 1 saturated heterocycles. The summed E-state index contributed by atoms with van der Waals surface area (Å²) < 4.78 is 37.8. The van der Waals surface area contributed by atoms with Crippen molar-refractivity contribution < 1.29 is 18.3 Å². The van der Waals surface area contributed by atoms with Gasteiger partial charge in [-0.25, -0.2) is 8.78 Å². The lowest BCUT2D eigenvalue weighted by Crippen LogP contribution is -2.51. The summed E-state index contributed by atoms with van der Waals surface area (Å²) in [7, 11) is 3.21. The smallest absolute Gasteiger partial charge is 0.173 e. The maximum atomic E-state index is 13.6. The predicted molar refractivity (Wildman–Crippen MR) is 134 cm³/mol. The highest BCUT2D eigenvalue weighted by Crippen LogP contribution is 2.31. The number of hydrogen-bond donors (Lipinski definition) is 1. The summed E-state index contributed by atoms with van der Waals surface area (Å²) >= 11 is 5.67. The molecule has 1 aliphatic rings. The Balaban J connectivity index is 1.46. The second kappa shape index (κ2) is 10.8. The lowest BCUT2D eigenvalue weighted by molar-refractivity contribution is 0.151. The van der Waals surface area contributed by atoms with Gasteiger partial charge in [0.25, 0.3) is 0 Å². The van der Waals surface area contributed by atoms with Crippen LogP contribution >= 0.6 is 12.2 Å². The normalized spacial score (nSPS) is 14.2. The Bertz CT molecular complexity index is 1050. The van der Waals surface area contributed by atoms with Crippen molar-refractivity contribution in [3.8, 4) is 11.5 Å². The lowest BCUT2D eigenvalue weighted by Gasteiger charge is -2.40. The summed E-state index contributed by atoms with van der Waals surface area (Å²) in [6.07, 6.45) is 0. The van der Waals surface area contributed by atoms with Crippen molar-refractivity contribution in [1.29, 1.82) is 0 Å². The van der Waals surface area contributed by atoms with Gasteiger partial charge in [0, 0.05) is 50.1 Å². The van der Waals surface area contributed by atoms with Gasteiger partial charge in [-0.2, -0.15) is 0 Å². The molecule has 1 heterocycles. The molecule has 8 heteroatoms. The number of ether oxygens (including phenoxy) is 2. The summed E-state index contributed by atoms with van der Waals surface area (Å²) in [5.41, 5.74) is 2.72. The van der Waals surface area contributed by atoms with Crippen molar-refractivity contribution in [3.05, 3.63) is 89.5 Å². The van der Waals surface area contributed by atoms with Gasteiger partial charge in [0.15, 0.2) is 5.11 Å². The van der Waals surface area contributed by atoms with Crippen molar-refractivity contribution in [1.82, 2.24) is 9.80 Å². The molecular formula is C26H27F2N3O2S. The van der Waals surface area contributed by atoms with Crippen LogP contribution in [0.5, 0.6) is 11.5 Å². The monoisotopic (exact) mass is 483 g/mol. The SMILES string of the molecule is COc1cc(NC(=S)N2CCN(C(c3ccc(F)cc3)c3ccc(F)cc3)CC2)cc(OC)c1. The Hall–Kier alpha value is -3.23. The summed E-state index contributed by atoms with van der Waals surface area (Å²) in [6, 6.07) is 18.4. The quantitative estimate of drug-likeness (QED) is 0.493. The summed E-state index contributed by atoms with van der Waals surface area (Å²) in [4.78, 5) is 4.43. The standard InChI is InChI=1S/C26H27F2N3O2S/c1-32-23-15-22(16-24(17-23)33-2)29-26(34)31-13-11-30(12-14-31)25(18-3-7-20(27)8-4-18)19-5-9-21(28)10-6-19/h3-10,15-17,25H,11-14H2,1-2H3,(H,29,34). The molecule has 1 N–H and O–H groups in total. The Kier molecular flexibility index (Phi) is 7.59. The Morgan fingerprint density at radius 3 is 1.71 bits per heavy atom. The van der Waals surface area contributed by atoms with Crippen molar-refractivity contribution in [3.63, 3.8) is 0 Å². The first-order valence-electron chi connectivity index (χ1n) is 11.0. The topological polar surface area (TPSA) is 37.0 Å². The largest absolute Gasteiger partial charge is 0.497 e. The number of anilines is 1. The van der Waals surface area contributed by atoms with Gasteiger partial charge in [-0.15, -0.1) is 0 Å². The van der Waals surface area contributed by atoms with Crippen LogP contribution in [-0.4, -0.2) is 55.3 Å². The summed E-state index contributed by atoms with van der Waals surface area (Å²) in [5.74, 6) is 0.792. The first kappa shape index (κ1) is 23.9. The highest BCUT2D eigenvalue weighted by molar-refractivity contribution is 7.80. The van der Waals surface area contributed by atoms with Gasteiger partial charge in [-0.3, -0.25) is 4.90 Å². The minimum absolute atomic E-state index is 0.104. The zero-order valence-corrected chi connectivity index (χ0v) is 19.9. The number of methoxy groups -OCH3 is 2. The number of hydrogen-bond acceptors (Lipinski definition) is 4. The van der Waals surface area contributed by atoms with Crippen LogP contribution in [0.2, 0.25) is 0 Å². The molecule has 3 aromatic rings. The zero-order valence-electron chi connectivity index (χ0n) is 19.1. The molecule has 0 saturated carbocycles. The fourth-order valence-corrected chi connectivity index (χ4v) is 4.47. The maximum absolute atomic E-state index is 13.6. The Labute approximate surface area is 203 Å². The van der Waals surface area contributed by atoms with Gasteiger partial charge < -0.3 is 19.7 Å². The summed E-state index contributed by atoms with van der Waals surface area (Å²) in [6.45, 7) is 2.91. The van der Waals surface area contributed by atoms with Crippen LogP contribution < -0.4 is 14.8 Å². The molecule has 0 unspecified atom stereocenters. The Morgan fingerprint density at radius 1 is 0.794 bits per heavy atom. The third-order valence-corrected chi connectivity index (χ3v) is 6.30. The molecule has 0 aromatic heterocycles. The molecule has 34 heavy (non-hydrogen) atoms. The molecule has 1 fully saturated rings. The minimum atomic E-state index is -0.281. The molecule has 0 atom stereocenters. The average Bonchev–Trinajstić information content (AvgIpc) is 2.86. The van der Waals surface area contributed by atoms with E-state index in [2.05, 4.69) is 15.1 Å². The lowest BCUT2D eigenvalue weighted by atomic mass is 9.96. The molecule has 1 aliphatic heterocycles. The van der Waals surface area contributed by atoms with Gasteiger partial charge >= 0.3 is 0 Å². The second-order valence-electron chi connectivity index (χ2n) is 8.06. The van der Waals surface area contributed by atoms with Crippen molar-refractivity contribution >= 4 is 23.0 Å². The van der Waals surface area contributed by atoms with Crippen LogP contribution in [0.3, 0.4) is 0 Å². The molecule has 5 nitrogen and oxygen atoms in total. The van der Waals surface area contributed by atoms with Crippen LogP contribution in [0.4, 0.5) is 14.5 Å². The molecular weight excluding hydrogens is 456 g/mol. The number of thiocarbonyl (C=S) groups is 1. The molecule has 0 bridgehead atoms. The van der Waals surface area contributed by atoms with Crippen molar-refractivity contribution in [2.75, 3.05) is 45.7 Å². The number of halogens is 2. The third kappa shape index (κ3) is 5.63. The van der Waals surface area contributed by atoms with Gasteiger partial charge in [0.2, 0.25) is 0 Å². The molecule has 4 rings (SSSR count). The van der Waals surface area contributed by atoms with E-state index in [9.17, 15) is 8.78 Å². The fraction of sp³-hybridized carbons (Fsp3) is 0.269. The highest BCUT2D eigenvalue weighted by atomic mass is 32.1. The van der Waals surface area contributed by atoms with E-state index < -0.39 is 0 Å². The zero-order chi connectivity index (χ0) is 24.1. The van der Waals surface area contributed by atoms with E-state index in [4.69, 9.17) is 21.7 Å². The van der Waals surface area contributed by atoms with Gasteiger partial charge in [0.1, 0.15) is 23.1 Å². The maximum Gasteiger partial charge on any atom is 0.173 e. The third-order valence-electron chi connectivity index (χ3n) is 5.94. The van der Waals surface area contributed by atoms with Gasteiger partial charge in [-0.1, -0.05) is 24.3 Å². The van der Waals surface area contributed by atoms with Crippen molar-refractivity contribution in [2.45, 2.75) is 6.04 Å². The first-order chi connectivity index (χ1) is 16.5. The number of benzene rings is 3. The second-order valence-corrected chi connectivity index (χ2v) is 8.45. The van der Waals surface area contributed by atoms with E-state index in [0.29, 0.717) is 29.7 Å². The van der Waals surface area contributed by atoms with Crippen LogP contribution in [0.15, 0.2) is 66.7 Å². The minimum Gasteiger partial charge on any atom is -0.497 e. The Morgan fingerprint density at radius 2 is 1.26 bits per heavy atom. The molecule has 3 aromatic carbocycles. The number of rotatable bonds is 6. The predicted octanol–water partition coefficient (Wildman–Crippen LogP) is 5.09. The summed E-state index contributed by atoms with van der Waals surface area (Å²) in [5, 5.41) is 3.90. The van der Waals surface area contributed by atoms with E-state index in [1.54, 1.807) is 44.6 Å². The van der Waals surface area contributed by atoms with E-state index in [1.807, 2.05) is 12.1 Å². The van der Waals surface area contributed by atoms with Gasteiger partial charge in [0.05, 0.1) is 20.3 Å². The number of nitrogens with one attached hydrogen (secondary N) is 1. The average molecular weight is 484 g/mol. The first-order valence-corrected chi connectivity index (χ1v) is 11.4. The fourth-order valence-electron chi connectivity index (χ4n) is 4.17.